The number of benzene rings is 1. The smallest absolute Gasteiger partial charge is 0.377 e. The average Bonchev–Trinajstić information content (AvgIpc) is 2.19. The number of ketones is 1. The van der Waals surface area contributed by atoms with Gasteiger partial charge in [-0.2, -0.15) is 0 Å². The molecule has 0 unspecified atom stereocenters. The quantitative estimate of drug-likeness (QED) is 0.605. The molecule has 0 aromatic heterocycles. The second-order valence-corrected chi connectivity index (χ2v) is 3.27. The molecule has 0 heterocycles. The molecule has 0 amide bonds. The molecule has 0 fully saturated rings. The molecule has 15 heavy (non-hydrogen) atoms. The molecule has 0 radical (unpaired) electrons. The van der Waals surface area contributed by atoms with Gasteiger partial charge in [0, 0.05) is 5.56 Å². The summed E-state index contributed by atoms with van der Waals surface area (Å²) in [5, 5.41) is 8.60. The lowest BCUT2D eigenvalue weighted by atomic mass is 10.0. The summed E-state index contributed by atoms with van der Waals surface area (Å²) < 4.78 is 5.06. The van der Waals surface area contributed by atoms with Gasteiger partial charge in [0.05, 0.1) is 7.11 Å². The summed E-state index contributed by atoms with van der Waals surface area (Å²) in [5.74, 6) is -1.68. The van der Waals surface area contributed by atoms with E-state index in [1.54, 1.807) is 19.9 Å². The predicted octanol–water partition coefficient (Wildman–Crippen LogP) is 1.58. The molecule has 0 spiro atoms. The third kappa shape index (κ3) is 2.15. The molecule has 0 atom stereocenters. The van der Waals surface area contributed by atoms with Crippen LogP contribution in [0.3, 0.4) is 0 Å². The van der Waals surface area contributed by atoms with E-state index in [1.807, 2.05) is 0 Å². The van der Waals surface area contributed by atoms with Crippen molar-refractivity contribution in [2.45, 2.75) is 13.8 Å². The molecule has 0 aliphatic rings. The Kier molecular flexibility index (Phi) is 3.09. The first kappa shape index (κ1) is 11.2. The van der Waals surface area contributed by atoms with E-state index in [9.17, 15) is 9.59 Å². The number of ether oxygens (including phenoxy) is 1. The standard InChI is InChI=1S/C11H12O4/c1-6-5-9(15-3)7(2)4-8(6)10(12)11(13)14/h4-5H,1-3H3,(H,13,14). The molecular formula is C11H12O4. The maximum absolute atomic E-state index is 11.3. The van der Waals surface area contributed by atoms with Crippen LogP contribution in [0.25, 0.3) is 0 Å². The molecule has 1 rings (SSSR count). The Morgan fingerprint density at radius 1 is 1.20 bits per heavy atom. The van der Waals surface area contributed by atoms with Crippen molar-refractivity contribution in [1.29, 1.82) is 0 Å². The van der Waals surface area contributed by atoms with Gasteiger partial charge < -0.3 is 9.84 Å². The van der Waals surface area contributed by atoms with Gasteiger partial charge in [0.15, 0.2) is 0 Å². The summed E-state index contributed by atoms with van der Waals surface area (Å²) in [4.78, 5) is 21.8. The minimum absolute atomic E-state index is 0.209. The first-order valence-corrected chi connectivity index (χ1v) is 4.40. The molecule has 4 nitrogen and oxygen atoms in total. The monoisotopic (exact) mass is 208 g/mol. The van der Waals surface area contributed by atoms with Gasteiger partial charge in [-0.15, -0.1) is 0 Å². The second kappa shape index (κ2) is 4.13. The summed E-state index contributed by atoms with van der Waals surface area (Å²) in [7, 11) is 1.53. The van der Waals surface area contributed by atoms with Gasteiger partial charge in [0.2, 0.25) is 0 Å². The summed E-state index contributed by atoms with van der Waals surface area (Å²) >= 11 is 0. The summed E-state index contributed by atoms with van der Waals surface area (Å²) in [6.07, 6.45) is 0. The molecular weight excluding hydrogens is 196 g/mol. The molecule has 0 bridgehead atoms. The lowest BCUT2D eigenvalue weighted by Crippen LogP contribution is -2.14. The third-order valence-electron chi connectivity index (χ3n) is 2.18. The molecule has 0 saturated carbocycles. The fourth-order valence-electron chi connectivity index (χ4n) is 1.37. The van der Waals surface area contributed by atoms with Crippen LogP contribution in [0, 0.1) is 13.8 Å². The zero-order valence-corrected chi connectivity index (χ0v) is 8.83. The first-order valence-electron chi connectivity index (χ1n) is 4.40. The predicted molar refractivity (Wildman–Crippen MR) is 54.4 cm³/mol. The summed E-state index contributed by atoms with van der Waals surface area (Å²) in [5.41, 5.74) is 1.55. The lowest BCUT2D eigenvalue weighted by molar-refractivity contribution is -0.131. The molecule has 0 saturated heterocycles. The van der Waals surface area contributed by atoms with Gasteiger partial charge in [-0.3, -0.25) is 4.79 Å². The molecule has 4 heteroatoms. The van der Waals surface area contributed by atoms with E-state index in [0.29, 0.717) is 11.3 Å². The Morgan fingerprint density at radius 3 is 2.27 bits per heavy atom. The fraction of sp³-hybridized carbons (Fsp3) is 0.273. The Bertz CT molecular complexity index is 421. The normalized spacial score (nSPS) is 9.80. The third-order valence-corrected chi connectivity index (χ3v) is 2.18. The second-order valence-electron chi connectivity index (χ2n) is 3.27. The van der Waals surface area contributed by atoms with E-state index in [-0.39, 0.29) is 5.56 Å². The van der Waals surface area contributed by atoms with Crippen molar-refractivity contribution in [3.8, 4) is 5.75 Å². The fourth-order valence-corrected chi connectivity index (χ4v) is 1.37. The van der Waals surface area contributed by atoms with Crippen LogP contribution in [0.5, 0.6) is 5.75 Å². The van der Waals surface area contributed by atoms with Gasteiger partial charge in [-0.25, -0.2) is 4.79 Å². The van der Waals surface area contributed by atoms with Crippen LogP contribution in [-0.2, 0) is 4.79 Å². The summed E-state index contributed by atoms with van der Waals surface area (Å²) in [6.45, 7) is 3.44. The number of Topliss-reactive ketones (excluding diaryl/α,β-unsaturated/α-hetero) is 1. The largest absolute Gasteiger partial charge is 0.496 e. The number of carbonyl (C=O) groups excluding carboxylic acids is 1. The Labute approximate surface area is 87.5 Å². The Morgan fingerprint density at radius 2 is 1.80 bits per heavy atom. The van der Waals surface area contributed by atoms with E-state index in [4.69, 9.17) is 9.84 Å². The van der Waals surface area contributed by atoms with E-state index in [0.717, 1.165) is 5.56 Å². The number of carboxylic acids is 1. The maximum atomic E-state index is 11.3. The van der Waals surface area contributed by atoms with Crippen LogP contribution in [0.1, 0.15) is 21.5 Å². The number of hydrogen-bond acceptors (Lipinski definition) is 3. The minimum Gasteiger partial charge on any atom is -0.496 e. The number of carbonyl (C=O) groups is 2. The van der Waals surface area contributed by atoms with Crippen LogP contribution in [-0.4, -0.2) is 24.0 Å². The zero-order valence-electron chi connectivity index (χ0n) is 8.83. The van der Waals surface area contributed by atoms with Gasteiger partial charge in [-0.1, -0.05) is 0 Å². The van der Waals surface area contributed by atoms with Crippen molar-refractivity contribution in [2.24, 2.45) is 0 Å². The van der Waals surface area contributed by atoms with Crippen molar-refractivity contribution in [3.63, 3.8) is 0 Å². The summed E-state index contributed by atoms with van der Waals surface area (Å²) in [6, 6.07) is 3.19. The van der Waals surface area contributed by atoms with Crippen molar-refractivity contribution in [3.05, 3.63) is 28.8 Å². The van der Waals surface area contributed by atoms with E-state index in [2.05, 4.69) is 0 Å². The van der Waals surface area contributed by atoms with Gasteiger partial charge >= 0.3 is 5.97 Å². The first-order chi connectivity index (χ1) is 6.97. The highest BCUT2D eigenvalue weighted by atomic mass is 16.5. The van der Waals surface area contributed by atoms with Crippen LogP contribution >= 0.6 is 0 Å². The number of aryl methyl sites for hydroxylation is 2. The van der Waals surface area contributed by atoms with Gasteiger partial charge in [0.1, 0.15) is 5.75 Å². The van der Waals surface area contributed by atoms with Crippen LogP contribution in [0.2, 0.25) is 0 Å². The molecule has 0 aliphatic heterocycles. The van der Waals surface area contributed by atoms with E-state index < -0.39 is 11.8 Å². The van der Waals surface area contributed by atoms with E-state index in [1.165, 1.54) is 13.2 Å². The minimum atomic E-state index is -1.44. The number of rotatable bonds is 3. The maximum Gasteiger partial charge on any atom is 0.377 e. The lowest BCUT2D eigenvalue weighted by Gasteiger charge is -2.08. The molecule has 0 aliphatic carbocycles. The number of hydrogen-bond donors (Lipinski definition) is 1. The Hall–Kier alpha value is -1.84. The molecule has 80 valence electrons. The number of aliphatic carboxylic acids is 1. The zero-order chi connectivity index (χ0) is 11.6. The molecule has 1 aromatic carbocycles. The number of methoxy groups -OCH3 is 1. The SMILES string of the molecule is COc1cc(C)c(C(=O)C(=O)O)cc1C. The highest BCUT2D eigenvalue weighted by molar-refractivity contribution is 6.40. The van der Waals surface area contributed by atoms with Gasteiger partial charge in [-0.05, 0) is 37.1 Å². The van der Waals surface area contributed by atoms with Crippen molar-refractivity contribution < 1.29 is 19.4 Å². The van der Waals surface area contributed by atoms with Crippen LogP contribution < -0.4 is 4.74 Å². The Balaban J connectivity index is 3.28. The number of carboxylic acid groups (broad SMARTS) is 1. The van der Waals surface area contributed by atoms with Gasteiger partial charge in [0.25, 0.3) is 5.78 Å². The molecule has 1 aromatic rings. The van der Waals surface area contributed by atoms with Crippen molar-refractivity contribution in [2.75, 3.05) is 7.11 Å². The molecule has 1 N–H and O–H groups in total. The van der Waals surface area contributed by atoms with E-state index >= 15 is 0 Å². The highest BCUT2D eigenvalue weighted by Crippen LogP contribution is 2.22. The van der Waals surface area contributed by atoms with Crippen LogP contribution in [0.4, 0.5) is 0 Å². The average molecular weight is 208 g/mol. The van der Waals surface area contributed by atoms with Crippen LogP contribution in [0.15, 0.2) is 12.1 Å². The van der Waals surface area contributed by atoms with Crippen molar-refractivity contribution >= 4 is 11.8 Å². The highest BCUT2D eigenvalue weighted by Gasteiger charge is 2.18. The topological polar surface area (TPSA) is 63.6 Å². The van der Waals surface area contributed by atoms with Crippen molar-refractivity contribution in [1.82, 2.24) is 0 Å².